The molecular formula is C14H27N5. The van der Waals surface area contributed by atoms with Crippen molar-refractivity contribution in [3.63, 3.8) is 0 Å². The molecule has 0 bridgehead atoms. The third-order valence-electron chi connectivity index (χ3n) is 4.01. The Bertz CT molecular complexity index is 356. The number of rotatable bonds is 8. The topological polar surface area (TPSA) is 46.0 Å². The lowest BCUT2D eigenvalue weighted by atomic mass is 10.2. The fourth-order valence-electron chi connectivity index (χ4n) is 2.88. The Labute approximate surface area is 116 Å². The molecule has 5 heteroatoms. The lowest BCUT2D eigenvalue weighted by molar-refractivity contribution is 0.198. The normalized spacial score (nSPS) is 16.6. The molecule has 1 N–H and O–H groups in total. The van der Waals surface area contributed by atoms with Gasteiger partial charge in [-0.05, 0) is 25.9 Å². The average molecular weight is 265 g/mol. The van der Waals surface area contributed by atoms with Gasteiger partial charge in [-0.25, -0.2) is 0 Å². The van der Waals surface area contributed by atoms with Crippen LogP contribution in [0.1, 0.15) is 45.2 Å². The molecule has 1 aromatic rings. The van der Waals surface area contributed by atoms with Gasteiger partial charge in [-0.15, -0.1) is 5.10 Å². The molecule has 108 valence electrons. The maximum absolute atomic E-state index is 4.20. The minimum Gasteiger partial charge on any atom is -0.311 e. The summed E-state index contributed by atoms with van der Waals surface area (Å²) in [6, 6.07) is 0.801. The Morgan fingerprint density at radius 1 is 1.37 bits per heavy atom. The van der Waals surface area contributed by atoms with Crippen LogP contribution in [0.25, 0.3) is 0 Å². The summed E-state index contributed by atoms with van der Waals surface area (Å²) in [5.41, 5.74) is 1.03. The maximum Gasteiger partial charge on any atom is 0.0964 e. The van der Waals surface area contributed by atoms with Crippen LogP contribution in [0.2, 0.25) is 0 Å². The average Bonchev–Trinajstić information content (AvgIpc) is 3.08. The predicted octanol–water partition coefficient (Wildman–Crippen LogP) is 1.65. The van der Waals surface area contributed by atoms with E-state index >= 15 is 0 Å². The van der Waals surface area contributed by atoms with Crippen LogP contribution in [-0.4, -0.2) is 45.6 Å². The number of nitrogens with zero attached hydrogens (tertiary/aromatic N) is 4. The SMILES string of the molecule is CCNCc1cn(CCN(CC)C2CCCC2)nn1. The molecule has 1 aliphatic rings. The third-order valence-corrected chi connectivity index (χ3v) is 4.01. The van der Waals surface area contributed by atoms with Gasteiger partial charge in [0.2, 0.25) is 0 Å². The second-order valence-corrected chi connectivity index (χ2v) is 5.32. The van der Waals surface area contributed by atoms with Crippen molar-refractivity contribution >= 4 is 0 Å². The van der Waals surface area contributed by atoms with Gasteiger partial charge in [0.05, 0.1) is 12.2 Å². The number of hydrogen-bond acceptors (Lipinski definition) is 4. The van der Waals surface area contributed by atoms with Crippen LogP contribution in [0.3, 0.4) is 0 Å². The van der Waals surface area contributed by atoms with Crippen molar-refractivity contribution in [2.24, 2.45) is 0 Å². The smallest absolute Gasteiger partial charge is 0.0964 e. The van der Waals surface area contributed by atoms with Gasteiger partial charge in [0.25, 0.3) is 0 Å². The molecule has 1 aromatic heterocycles. The minimum absolute atomic E-state index is 0.801. The molecule has 0 amide bonds. The van der Waals surface area contributed by atoms with Crippen LogP contribution < -0.4 is 5.32 Å². The van der Waals surface area contributed by atoms with Gasteiger partial charge in [-0.2, -0.15) is 0 Å². The molecule has 0 aliphatic heterocycles. The van der Waals surface area contributed by atoms with Gasteiger partial charge in [0, 0.05) is 25.3 Å². The van der Waals surface area contributed by atoms with E-state index < -0.39 is 0 Å². The zero-order chi connectivity index (χ0) is 13.5. The van der Waals surface area contributed by atoms with Crippen LogP contribution in [-0.2, 0) is 13.1 Å². The third kappa shape index (κ3) is 4.28. The molecular weight excluding hydrogens is 238 g/mol. The molecule has 2 rings (SSSR count). The van der Waals surface area contributed by atoms with E-state index in [9.17, 15) is 0 Å². The summed E-state index contributed by atoms with van der Waals surface area (Å²) in [6.07, 6.45) is 7.60. The molecule has 0 unspecified atom stereocenters. The van der Waals surface area contributed by atoms with E-state index in [0.29, 0.717) is 0 Å². The van der Waals surface area contributed by atoms with E-state index in [1.807, 2.05) is 4.68 Å². The highest BCUT2D eigenvalue weighted by atomic mass is 15.4. The maximum atomic E-state index is 4.20. The van der Waals surface area contributed by atoms with Crippen molar-refractivity contribution in [1.82, 2.24) is 25.2 Å². The van der Waals surface area contributed by atoms with Crippen LogP contribution in [0.4, 0.5) is 0 Å². The fourth-order valence-corrected chi connectivity index (χ4v) is 2.88. The highest BCUT2D eigenvalue weighted by Gasteiger charge is 2.20. The first-order valence-corrected chi connectivity index (χ1v) is 7.67. The van der Waals surface area contributed by atoms with Crippen LogP contribution in [0, 0.1) is 0 Å². The Hall–Kier alpha value is -0.940. The largest absolute Gasteiger partial charge is 0.311 e. The summed E-state index contributed by atoms with van der Waals surface area (Å²) < 4.78 is 1.98. The van der Waals surface area contributed by atoms with Gasteiger partial charge >= 0.3 is 0 Å². The van der Waals surface area contributed by atoms with Crippen molar-refractivity contribution in [2.45, 2.75) is 58.7 Å². The summed E-state index contributed by atoms with van der Waals surface area (Å²) in [4.78, 5) is 2.60. The summed E-state index contributed by atoms with van der Waals surface area (Å²) >= 11 is 0. The Balaban J connectivity index is 1.78. The van der Waals surface area contributed by atoms with Gasteiger partial charge in [-0.3, -0.25) is 9.58 Å². The zero-order valence-corrected chi connectivity index (χ0v) is 12.3. The number of nitrogens with one attached hydrogen (secondary N) is 1. The molecule has 0 aromatic carbocycles. The lowest BCUT2D eigenvalue weighted by Gasteiger charge is -2.27. The van der Waals surface area contributed by atoms with Crippen molar-refractivity contribution in [2.75, 3.05) is 19.6 Å². The standard InChI is InChI=1S/C14H27N5/c1-3-15-11-13-12-19(17-16-13)10-9-18(4-2)14-7-5-6-8-14/h12,14-15H,3-11H2,1-2H3. The number of likely N-dealkylation sites (N-methyl/N-ethyl adjacent to an activating group) is 1. The number of hydrogen-bond donors (Lipinski definition) is 1. The Kier molecular flexibility index (Phi) is 5.79. The van der Waals surface area contributed by atoms with Gasteiger partial charge in [0.15, 0.2) is 0 Å². The van der Waals surface area contributed by atoms with Crippen molar-refractivity contribution in [3.05, 3.63) is 11.9 Å². The molecule has 0 spiro atoms. The first-order chi connectivity index (χ1) is 9.33. The van der Waals surface area contributed by atoms with E-state index in [2.05, 4.69) is 40.6 Å². The molecule has 19 heavy (non-hydrogen) atoms. The van der Waals surface area contributed by atoms with E-state index in [0.717, 1.165) is 44.5 Å². The quantitative estimate of drug-likeness (QED) is 0.776. The van der Waals surface area contributed by atoms with E-state index in [1.165, 1.54) is 25.7 Å². The van der Waals surface area contributed by atoms with Crippen molar-refractivity contribution in [3.8, 4) is 0 Å². The molecule has 1 heterocycles. The first-order valence-electron chi connectivity index (χ1n) is 7.67. The summed E-state index contributed by atoms with van der Waals surface area (Å²) in [5, 5.41) is 11.7. The predicted molar refractivity (Wildman–Crippen MR) is 76.9 cm³/mol. The molecule has 0 saturated heterocycles. The first kappa shape index (κ1) is 14.5. The van der Waals surface area contributed by atoms with Gasteiger partial charge in [0.1, 0.15) is 0 Å². The van der Waals surface area contributed by atoms with Crippen LogP contribution in [0.15, 0.2) is 6.20 Å². The Morgan fingerprint density at radius 2 is 2.16 bits per heavy atom. The molecule has 1 aliphatic carbocycles. The second kappa shape index (κ2) is 7.60. The van der Waals surface area contributed by atoms with Crippen molar-refractivity contribution in [1.29, 1.82) is 0 Å². The van der Waals surface area contributed by atoms with Gasteiger partial charge < -0.3 is 5.32 Å². The lowest BCUT2D eigenvalue weighted by Crippen LogP contribution is -2.35. The molecule has 1 saturated carbocycles. The van der Waals surface area contributed by atoms with Gasteiger partial charge in [-0.1, -0.05) is 31.9 Å². The van der Waals surface area contributed by atoms with E-state index in [1.54, 1.807) is 0 Å². The zero-order valence-electron chi connectivity index (χ0n) is 12.3. The Morgan fingerprint density at radius 3 is 2.84 bits per heavy atom. The van der Waals surface area contributed by atoms with Crippen LogP contribution >= 0.6 is 0 Å². The van der Waals surface area contributed by atoms with E-state index in [4.69, 9.17) is 0 Å². The molecule has 1 fully saturated rings. The highest BCUT2D eigenvalue weighted by molar-refractivity contribution is 4.91. The highest BCUT2D eigenvalue weighted by Crippen LogP contribution is 2.23. The summed E-state index contributed by atoms with van der Waals surface area (Å²) in [5.74, 6) is 0. The molecule has 0 atom stereocenters. The molecule has 5 nitrogen and oxygen atoms in total. The number of aromatic nitrogens is 3. The summed E-state index contributed by atoms with van der Waals surface area (Å²) in [6.45, 7) is 9.33. The monoisotopic (exact) mass is 265 g/mol. The molecule has 0 radical (unpaired) electrons. The minimum atomic E-state index is 0.801. The second-order valence-electron chi connectivity index (χ2n) is 5.32. The van der Waals surface area contributed by atoms with Crippen molar-refractivity contribution < 1.29 is 0 Å². The fraction of sp³-hybridized carbons (Fsp3) is 0.857. The van der Waals surface area contributed by atoms with Crippen LogP contribution in [0.5, 0.6) is 0 Å². The van der Waals surface area contributed by atoms with E-state index in [-0.39, 0.29) is 0 Å². The summed E-state index contributed by atoms with van der Waals surface area (Å²) in [7, 11) is 0.